The second-order valence-electron chi connectivity index (χ2n) is 4.98. The topological polar surface area (TPSA) is 75.5 Å². The number of hydrogen-bond donors (Lipinski definition) is 1. The third kappa shape index (κ3) is 3.13. The summed E-state index contributed by atoms with van der Waals surface area (Å²) in [5.74, 6) is -0.603. The van der Waals surface area contributed by atoms with Gasteiger partial charge in [0, 0.05) is 19.0 Å². The van der Waals surface area contributed by atoms with Gasteiger partial charge in [-0.15, -0.1) is 0 Å². The molecule has 7 heteroatoms. The van der Waals surface area contributed by atoms with E-state index in [2.05, 4.69) is 9.97 Å². The van der Waals surface area contributed by atoms with E-state index in [0.29, 0.717) is 19.5 Å². The van der Waals surface area contributed by atoms with E-state index in [4.69, 9.17) is 4.74 Å². The maximum atomic E-state index is 13.0. The first kappa shape index (κ1) is 14.2. The van der Waals surface area contributed by atoms with Crippen LogP contribution < -0.4 is 4.74 Å². The van der Waals surface area contributed by atoms with Crippen molar-refractivity contribution in [2.75, 3.05) is 13.1 Å². The Bertz CT molecular complexity index is 678. The summed E-state index contributed by atoms with van der Waals surface area (Å²) < 4.78 is 18.6. The fourth-order valence-corrected chi connectivity index (χ4v) is 2.31. The normalized spacial score (nSPS) is 17.5. The number of rotatable bonds is 3. The molecule has 0 saturated carbocycles. The van der Waals surface area contributed by atoms with Crippen molar-refractivity contribution in [2.45, 2.75) is 12.5 Å². The third-order valence-corrected chi connectivity index (χ3v) is 3.38. The molecule has 3 rings (SSSR count). The maximum Gasteiger partial charge on any atom is 0.272 e. The zero-order chi connectivity index (χ0) is 15.5. The van der Waals surface area contributed by atoms with Gasteiger partial charge in [-0.2, -0.15) is 9.37 Å². The molecule has 2 aromatic heterocycles. The van der Waals surface area contributed by atoms with E-state index in [1.165, 1.54) is 30.5 Å². The number of amides is 1. The largest absolute Gasteiger partial charge is 0.506 e. The highest BCUT2D eigenvalue weighted by atomic mass is 19.1. The molecule has 1 saturated heterocycles. The van der Waals surface area contributed by atoms with Crippen molar-refractivity contribution in [2.24, 2.45) is 0 Å². The van der Waals surface area contributed by atoms with Crippen LogP contribution in [0, 0.1) is 5.95 Å². The SMILES string of the molecule is O=C(c1ccc(O)cn1)N1CCC(Oc2cccc(F)n2)C1. The fraction of sp³-hybridized carbons (Fsp3) is 0.267. The Kier molecular flexibility index (Phi) is 3.86. The Labute approximate surface area is 126 Å². The van der Waals surface area contributed by atoms with E-state index in [-0.39, 0.29) is 29.3 Å². The Balaban J connectivity index is 1.62. The minimum atomic E-state index is -0.600. The predicted molar refractivity (Wildman–Crippen MR) is 75.0 cm³/mol. The highest BCUT2D eigenvalue weighted by Crippen LogP contribution is 2.18. The van der Waals surface area contributed by atoms with Crippen LogP contribution in [0.25, 0.3) is 0 Å². The monoisotopic (exact) mass is 303 g/mol. The van der Waals surface area contributed by atoms with Crippen molar-refractivity contribution in [3.63, 3.8) is 0 Å². The van der Waals surface area contributed by atoms with Crippen LogP contribution in [0.3, 0.4) is 0 Å². The van der Waals surface area contributed by atoms with E-state index in [0.717, 1.165) is 0 Å². The number of pyridine rings is 2. The number of aromatic nitrogens is 2. The van der Waals surface area contributed by atoms with Gasteiger partial charge in [-0.1, -0.05) is 6.07 Å². The molecule has 0 aliphatic carbocycles. The minimum absolute atomic E-state index is 0.0105. The minimum Gasteiger partial charge on any atom is -0.506 e. The first-order valence-corrected chi connectivity index (χ1v) is 6.85. The molecule has 114 valence electrons. The molecule has 1 aliphatic rings. The van der Waals surface area contributed by atoms with Gasteiger partial charge in [0.1, 0.15) is 17.5 Å². The average Bonchev–Trinajstić information content (AvgIpc) is 2.96. The number of carbonyl (C=O) groups excluding carboxylic acids is 1. The van der Waals surface area contributed by atoms with Crippen LogP contribution >= 0.6 is 0 Å². The van der Waals surface area contributed by atoms with Crippen molar-refractivity contribution in [1.29, 1.82) is 0 Å². The molecule has 1 fully saturated rings. The maximum absolute atomic E-state index is 13.0. The molecule has 0 aromatic carbocycles. The van der Waals surface area contributed by atoms with Crippen LogP contribution in [0.4, 0.5) is 4.39 Å². The van der Waals surface area contributed by atoms with Gasteiger partial charge >= 0.3 is 0 Å². The lowest BCUT2D eigenvalue weighted by Crippen LogP contribution is -2.31. The lowest BCUT2D eigenvalue weighted by molar-refractivity contribution is 0.0765. The molecule has 1 amide bonds. The smallest absolute Gasteiger partial charge is 0.272 e. The van der Waals surface area contributed by atoms with E-state index in [1.54, 1.807) is 11.0 Å². The molecule has 3 heterocycles. The van der Waals surface area contributed by atoms with Crippen LogP contribution in [0.5, 0.6) is 11.6 Å². The summed E-state index contributed by atoms with van der Waals surface area (Å²) in [6.45, 7) is 0.918. The fourth-order valence-electron chi connectivity index (χ4n) is 2.31. The summed E-state index contributed by atoms with van der Waals surface area (Å²) in [7, 11) is 0. The number of carbonyl (C=O) groups is 1. The summed E-state index contributed by atoms with van der Waals surface area (Å²) in [5, 5.41) is 9.19. The summed E-state index contributed by atoms with van der Waals surface area (Å²) >= 11 is 0. The molecule has 1 unspecified atom stereocenters. The second kappa shape index (κ2) is 5.97. The Hall–Kier alpha value is -2.70. The number of likely N-dealkylation sites (tertiary alicyclic amines) is 1. The van der Waals surface area contributed by atoms with Gasteiger partial charge in [-0.25, -0.2) is 4.98 Å². The van der Waals surface area contributed by atoms with Gasteiger partial charge in [0.05, 0.1) is 12.7 Å². The number of halogens is 1. The lowest BCUT2D eigenvalue weighted by atomic mass is 10.3. The Morgan fingerprint density at radius 1 is 1.36 bits per heavy atom. The molecular formula is C15H14FN3O3. The predicted octanol–water partition coefficient (Wildman–Crippen LogP) is 1.61. The van der Waals surface area contributed by atoms with Crippen molar-refractivity contribution >= 4 is 5.91 Å². The van der Waals surface area contributed by atoms with Crippen LogP contribution in [-0.2, 0) is 0 Å². The zero-order valence-electron chi connectivity index (χ0n) is 11.6. The van der Waals surface area contributed by atoms with Gasteiger partial charge in [0.25, 0.3) is 5.91 Å². The van der Waals surface area contributed by atoms with Gasteiger partial charge in [0.15, 0.2) is 0 Å². The van der Waals surface area contributed by atoms with Crippen LogP contribution in [-0.4, -0.2) is 45.1 Å². The third-order valence-electron chi connectivity index (χ3n) is 3.38. The van der Waals surface area contributed by atoms with Crippen LogP contribution in [0.15, 0.2) is 36.5 Å². The molecule has 0 radical (unpaired) electrons. The van der Waals surface area contributed by atoms with E-state index < -0.39 is 5.95 Å². The summed E-state index contributed by atoms with van der Waals surface area (Å²) in [6, 6.07) is 7.24. The summed E-state index contributed by atoms with van der Waals surface area (Å²) in [6.07, 6.45) is 1.64. The molecule has 0 bridgehead atoms. The molecule has 1 N–H and O–H groups in total. The first-order valence-electron chi connectivity index (χ1n) is 6.85. The quantitative estimate of drug-likeness (QED) is 0.872. The van der Waals surface area contributed by atoms with Crippen LogP contribution in [0.1, 0.15) is 16.9 Å². The van der Waals surface area contributed by atoms with Crippen molar-refractivity contribution in [3.8, 4) is 11.6 Å². The summed E-state index contributed by atoms with van der Waals surface area (Å²) in [5.41, 5.74) is 0.266. The highest BCUT2D eigenvalue weighted by molar-refractivity contribution is 5.92. The lowest BCUT2D eigenvalue weighted by Gasteiger charge is -2.16. The van der Waals surface area contributed by atoms with Gasteiger partial charge in [-0.3, -0.25) is 4.79 Å². The number of hydrogen-bond acceptors (Lipinski definition) is 5. The molecule has 2 aromatic rings. The summed E-state index contributed by atoms with van der Waals surface area (Å²) in [4.78, 5) is 21.4. The molecule has 1 atom stereocenters. The standard InChI is InChI=1S/C15H14FN3O3/c16-13-2-1-3-14(18-13)22-11-6-7-19(9-11)15(21)12-5-4-10(20)8-17-12/h1-5,8,11,20H,6-7,9H2. The van der Waals surface area contributed by atoms with Gasteiger partial charge in [-0.05, 0) is 18.2 Å². The van der Waals surface area contributed by atoms with Crippen molar-refractivity contribution in [3.05, 3.63) is 48.2 Å². The molecular weight excluding hydrogens is 289 g/mol. The Morgan fingerprint density at radius 3 is 2.95 bits per heavy atom. The van der Waals surface area contributed by atoms with E-state index >= 15 is 0 Å². The zero-order valence-corrected chi connectivity index (χ0v) is 11.6. The molecule has 6 nitrogen and oxygen atoms in total. The van der Waals surface area contributed by atoms with E-state index in [1.807, 2.05) is 0 Å². The molecule has 22 heavy (non-hydrogen) atoms. The van der Waals surface area contributed by atoms with E-state index in [9.17, 15) is 14.3 Å². The van der Waals surface area contributed by atoms with Crippen molar-refractivity contribution < 1.29 is 19.0 Å². The second-order valence-corrected chi connectivity index (χ2v) is 4.98. The van der Waals surface area contributed by atoms with Gasteiger partial charge < -0.3 is 14.7 Å². The molecule has 0 spiro atoms. The highest BCUT2D eigenvalue weighted by Gasteiger charge is 2.29. The first-order chi connectivity index (χ1) is 10.6. The number of nitrogens with zero attached hydrogens (tertiary/aromatic N) is 3. The number of aromatic hydroxyl groups is 1. The Morgan fingerprint density at radius 2 is 2.23 bits per heavy atom. The number of ether oxygens (including phenoxy) is 1. The van der Waals surface area contributed by atoms with Crippen LogP contribution in [0.2, 0.25) is 0 Å². The van der Waals surface area contributed by atoms with Crippen molar-refractivity contribution in [1.82, 2.24) is 14.9 Å². The van der Waals surface area contributed by atoms with Gasteiger partial charge in [0.2, 0.25) is 11.8 Å². The molecule has 1 aliphatic heterocycles. The average molecular weight is 303 g/mol.